The van der Waals surface area contributed by atoms with Crippen LogP contribution in [0.4, 0.5) is 4.39 Å². The molecule has 0 bridgehead atoms. The molecule has 5 heteroatoms. The van der Waals surface area contributed by atoms with Gasteiger partial charge in [0.15, 0.2) is 0 Å². The molecular formula is C19H27FN4. The van der Waals surface area contributed by atoms with Crippen molar-refractivity contribution in [3.63, 3.8) is 0 Å². The van der Waals surface area contributed by atoms with E-state index in [0.717, 1.165) is 50.5 Å². The van der Waals surface area contributed by atoms with Gasteiger partial charge in [-0.3, -0.25) is 14.9 Å². The van der Waals surface area contributed by atoms with Crippen LogP contribution in [0.25, 0.3) is 0 Å². The van der Waals surface area contributed by atoms with Crippen molar-refractivity contribution in [3.05, 3.63) is 53.1 Å². The molecule has 1 fully saturated rings. The van der Waals surface area contributed by atoms with Gasteiger partial charge in [0, 0.05) is 50.4 Å². The fraction of sp³-hybridized carbons (Fsp3) is 0.526. The van der Waals surface area contributed by atoms with Crippen molar-refractivity contribution in [2.24, 2.45) is 0 Å². The summed E-state index contributed by atoms with van der Waals surface area (Å²) in [5, 5.41) is 7.60. The maximum atomic E-state index is 13.3. The van der Waals surface area contributed by atoms with Crippen LogP contribution in [0.3, 0.4) is 0 Å². The Morgan fingerprint density at radius 3 is 2.29 bits per heavy atom. The third-order valence-corrected chi connectivity index (χ3v) is 4.55. The number of H-pyrrole nitrogens is 1. The normalized spacial score (nSPS) is 17.3. The highest BCUT2D eigenvalue weighted by atomic mass is 19.1. The molecule has 1 aromatic heterocycles. The predicted octanol–water partition coefficient (Wildman–Crippen LogP) is 3.16. The Balaban J connectivity index is 1.49. The van der Waals surface area contributed by atoms with Crippen LogP contribution in [0, 0.1) is 5.82 Å². The van der Waals surface area contributed by atoms with Crippen molar-refractivity contribution in [2.75, 3.05) is 26.2 Å². The zero-order valence-electron chi connectivity index (χ0n) is 14.8. The molecule has 0 atom stereocenters. The Hall–Kier alpha value is -1.72. The first-order valence-corrected chi connectivity index (χ1v) is 8.64. The fourth-order valence-corrected chi connectivity index (χ4v) is 3.07. The molecule has 2 aromatic rings. The highest BCUT2D eigenvalue weighted by molar-refractivity contribution is 5.17. The van der Waals surface area contributed by atoms with Gasteiger partial charge >= 0.3 is 0 Å². The molecular weight excluding hydrogens is 303 g/mol. The van der Waals surface area contributed by atoms with Gasteiger partial charge in [0.1, 0.15) is 5.82 Å². The third kappa shape index (κ3) is 4.42. The van der Waals surface area contributed by atoms with E-state index in [-0.39, 0.29) is 11.2 Å². The number of rotatable bonds is 4. The number of aromatic amines is 1. The Kier molecular flexibility index (Phi) is 5.01. The molecule has 24 heavy (non-hydrogen) atoms. The summed E-state index contributed by atoms with van der Waals surface area (Å²) >= 11 is 0. The quantitative estimate of drug-likeness (QED) is 0.935. The average molecular weight is 330 g/mol. The lowest BCUT2D eigenvalue weighted by molar-refractivity contribution is 0.121. The SMILES string of the molecule is CC(C)(C)c1cc(CN2CCN(Cc3cccc(F)c3)CC2)[nH]n1. The topological polar surface area (TPSA) is 35.2 Å². The maximum Gasteiger partial charge on any atom is 0.123 e. The lowest BCUT2D eigenvalue weighted by atomic mass is 9.92. The molecule has 0 amide bonds. The largest absolute Gasteiger partial charge is 0.297 e. The molecule has 4 nitrogen and oxygen atoms in total. The highest BCUT2D eigenvalue weighted by Gasteiger charge is 2.20. The summed E-state index contributed by atoms with van der Waals surface area (Å²) in [5.74, 6) is -0.153. The number of benzene rings is 1. The van der Waals surface area contributed by atoms with Gasteiger partial charge in [-0.05, 0) is 23.8 Å². The molecule has 1 saturated heterocycles. The van der Waals surface area contributed by atoms with Crippen molar-refractivity contribution in [3.8, 4) is 0 Å². The molecule has 1 aromatic carbocycles. The van der Waals surface area contributed by atoms with Crippen molar-refractivity contribution < 1.29 is 4.39 Å². The summed E-state index contributed by atoms with van der Waals surface area (Å²) < 4.78 is 13.3. The first-order chi connectivity index (χ1) is 11.4. The molecule has 1 N–H and O–H groups in total. The van der Waals surface area contributed by atoms with Crippen molar-refractivity contribution in [1.29, 1.82) is 0 Å². The molecule has 2 heterocycles. The summed E-state index contributed by atoms with van der Waals surface area (Å²) in [6.45, 7) is 12.3. The predicted molar refractivity (Wildman–Crippen MR) is 94.2 cm³/mol. The van der Waals surface area contributed by atoms with Gasteiger partial charge in [0.05, 0.1) is 5.69 Å². The van der Waals surface area contributed by atoms with Gasteiger partial charge in [-0.2, -0.15) is 5.10 Å². The van der Waals surface area contributed by atoms with E-state index in [4.69, 9.17) is 0 Å². The van der Waals surface area contributed by atoms with Gasteiger partial charge in [0.2, 0.25) is 0 Å². The summed E-state index contributed by atoms with van der Waals surface area (Å²) in [7, 11) is 0. The van der Waals surface area contributed by atoms with E-state index in [9.17, 15) is 4.39 Å². The smallest absolute Gasteiger partial charge is 0.123 e. The Morgan fingerprint density at radius 2 is 1.71 bits per heavy atom. The van der Waals surface area contributed by atoms with Crippen LogP contribution in [-0.2, 0) is 18.5 Å². The third-order valence-electron chi connectivity index (χ3n) is 4.55. The number of piperazine rings is 1. The lowest BCUT2D eigenvalue weighted by Crippen LogP contribution is -2.45. The van der Waals surface area contributed by atoms with Crippen molar-refractivity contribution >= 4 is 0 Å². The van der Waals surface area contributed by atoms with Crippen molar-refractivity contribution in [1.82, 2.24) is 20.0 Å². The van der Waals surface area contributed by atoms with Gasteiger partial charge in [-0.25, -0.2) is 4.39 Å². The number of halogens is 1. The fourth-order valence-electron chi connectivity index (χ4n) is 3.07. The van der Waals surface area contributed by atoms with Crippen LogP contribution in [-0.4, -0.2) is 46.2 Å². The van der Waals surface area contributed by atoms with E-state index in [1.165, 1.54) is 11.8 Å². The zero-order valence-corrected chi connectivity index (χ0v) is 14.8. The molecule has 130 valence electrons. The minimum absolute atomic E-state index is 0.0818. The molecule has 0 saturated carbocycles. The molecule has 0 spiro atoms. The Bertz CT molecular complexity index is 666. The van der Waals surface area contributed by atoms with Crippen LogP contribution in [0.5, 0.6) is 0 Å². The number of nitrogens with zero attached hydrogens (tertiary/aromatic N) is 3. The minimum Gasteiger partial charge on any atom is -0.297 e. The van der Waals surface area contributed by atoms with E-state index in [0.29, 0.717) is 0 Å². The van der Waals surface area contributed by atoms with Crippen LogP contribution in [0.15, 0.2) is 30.3 Å². The summed E-state index contributed by atoms with van der Waals surface area (Å²) in [5.41, 5.74) is 3.42. The molecule has 1 aliphatic rings. The number of nitrogens with one attached hydrogen (secondary N) is 1. The number of hydrogen-bond acceptors (Lipinski definition) is 3. The lowest BCUT2D eigenvalue weighted by Gasteiger charge is -2.34. The molecule has 0 unspecified atom stereocenters. The molecule has 0 radical (unpaired) electrons. The summed E-state index contributed by atoms with van der Waals surface area (Å²) in [4.78, 5) is 4.83. The number of hydrogen-bond donors (Lipinski definition) is 1. The second-order valence-corrected chi connectivity index (χ2v) is 7.71. The number of aromatic nitrogens is 2. The van der Waals surface area contributed by atoms with Gasteiger partial charge in [-0.15, -0.1) is 0 Å². The zero-order chi connectivity index (χ0) is 17.2. The van der Waals surface area contributed by atoms with E-state index in [1.807, 2.05) is 6.07 Å². The Labute approximate surface area is 143 Å². The molecule has 1 aliphatic heterocycles. The highest BCUT2D eigenvalue weighted by Crippen LogP contribution is 2.21. The maximum absolute atomic E-state index is 13.3. The van der Waals surface area contributed by atoms with E-state index < -0.39 is 0 Å². The van der Waals surface area contributed by atoms with Crippen LogP contribution in [0.1, 0.15) is 37.7 Å². The van der Waals surface area contributed by atoms with Crippen molar-refractivity contribution in [2.45, 2.75) is 39.3 Å². The average Bonchev–Trinajstić information content (AvgIpc) is 2.98. The van der Waals surface area contributed by atoms with Gasteiger partial charge in [0.25, 0.3) is 0 Å². The second kappa shape index (κ2) is 7.03. The summed E-state index contributed by atoms with van der Waals surface area (Å²) in [6.07, 6.45) is 0. The van der Waals surface area contributed by atoms with Gasteiger partial charge < -0.3 is 0 Å². The van der Waals surface area contributed by atoms with Crippen LogP contribution in [0.2, 0.25) is 0 Å². The summed E-state index contributed by atoms with van der Waals surface area (Å²) in [6, 6.07) is 9.09. The first kappa shape index (κ1) is 17.1. The monoisotopic (exact) mass is 330 g/mol. The van der Waals surface area contributed by atoms with E-state index >= 15 is 0 Å². The standard InChI is InChI=1S/C19H27FN4/c1-19(2,3)18-12-17(21-22-18)14-24-9-7-23(8-10-24)13-15-5-4-6-16(20)11-15/h4-6,11-12H,7-10,13-14H2,1-3H3,(H,21,22). The van der Waals surface area contributed by atoms with Crippen LogP contribution >= 0.6 is 0 Å². The van der Waals surface area contributed by atoms with Crippen LogP contribution < -0.4 is 0 Å². The first-order valence-electron chi connectivity index (χ1n) is 8.64. The van der Waals surface area contributed by atoms with E-state index in [1.54, 1.807) is 12.1 Å². The Morgan fingerprint density at radius 1 is 1.04 bits per heavy atom. The van der Waals surface area contributed by atoms with Gasteiger partial charge in [-0.1, -0.05) is 32.9 Å². The second-order valence-electron chi connectivity index (χ2n) is 7.71. The van der Waals surface area contributed by atoms with E-state index in [2.05, 4.69) is 46.8 Å². The molecule has 3 rings (SSSR count). The minimum atomic E-state index is -0.153. The molecule has 0 aliphatic carbocycles.